The summed E-state index contributed by atoms with van der Waals surface area (Å²) in [7, 11) is 1.94. The lowest BCUT2D eigenvalue weighted by atomic mass is 9.91. The minimum atomic E-state index is -1.07. The van der Waals surface area contributed by atoms with Gasteiger partial charge < -0.3 is 4.74 Å². The van der Waals surface area contributed by atoms with Crippen LogP contribution in [0.3, 0.4) is 0 Å². The van der Waals surface area contributed by atoms with Gasteiger partial charge in [0, 0.05) is 35.0 Å². The Hall–Kier alpha value is -1.69. The standard InChI is InChI=1S/C18H20N2O2S/c1-20-12-3-13-22-18(20,15-8-10-19-11-9-15)17(21)14-4-6-16(23-2)7-5-14/h4-11H,3,12-13H2,1-2H3. The molecule has 1 aromatic heterocycles. The molecule has 1 aliphatic heterocycles. The topological polar surface area (TPSA) is 42.4 Å². The van der Waals surface area contributed by atoms with Crippen LogP contribution in [0, 0.1) is 0 Å². The second-order valence-corrected chi connectivity index (χ2v) is 6.44. The van der Waals surface area contributed by atoms with E-state index in [9.17, 15) is 4.79 Å². The zero-order chi connectivity index (χ0) is 16.3. The highest BCUT2D eigenvalue weighted by atomic mass is 32.2. The SMILES string of the molecule is CSc1ccc(C(=O)C2(c3ccncc3)OCCCN2C)cc1. The molecular formula is C18H20N2O2S. The monoisotopic (exact) mass is 328 g/mol. The number of pyridine rings is 1. The van der Waals surface area contributed by atoms with Crippen LogP contribution in [0.1, 0.15) is 22.3 Å². The molecule has 1 aliphatic rings. The molecule has 0 amide bonds. The number of nitrogens with zero attached hydrogens (tertiary/aromatic N) is 2. The molecule has 2 heterocycles. The number of carbonyl (C=O) groups excluding carboxylic acids is 1. The fourth-order valence-corrected chi connectivity index (χ4v) is 3.39. The van der Waals surface area contributed by atoms with Gasteiger partial charge in [-0.2, -0.15) is 0 Å². The van der Waals surface area contributed by atoms with Crippen LogP contribution in [0.4, 0.5) is 0 Å². The van der Waals surface area contributed by atoms with E-state index in [1.54, 1.807) is 24.2 Å². The van der Waals surface area contributed by atoms with Crippen LogP contribution in [0.15, 0.2) is 53.7 Å². The molecule has 4 nitrogen and oxygen atoms in total. The van der Waals surface area contributed by atoms with Crippen molar-refractivity contribution in [3.8, 4) is 0 Å². The quantitative estimate of drug-likeness (QED) is 0.637. The number of rotatable bonds is 4. The molecule has 3 rings (SSSR count). The lowest BCUT2D eigenvalue weighted by Crippen LogP contribution is -2.55. The van der Waals surface area contributed by atoms with E-state index in [4.69, 9.17) is 4.74 Å². The van der Waals surface area contributed by atoms with Gasteiger partial charge in [0.1, 0.15) is 0 Å². The molecule has 1 saturated heterocycles. The summed E-state index contributed by atoms with van der Waals surface area (Å²) in [6.07, 6.45) is 6.34. The summed E-state index contributed by atoms with van der Waals surface area (Å²) < 4.78 is 6.08. The molecule has 120 valence electrons. The highest BCUT2D eigenvalue weighted by molar-refractivity contribution is 7.98. The summed E-state index contributed by atoms with van der Waals surface area (Å²) in [5, 5.41) is 0. The largest absolute Gasteiger partial charge is 0.349 e. The Morgan fingerprint density at radius 3 is 2.52 bits per heavy atom. The number of ether oxygens (including phenoxy) is 1. The van der Waals surface area contributed by atoms with Crippen LogP contribution >= 0.6 is 11.8 Å². The molecule has 1 atom stereocenters. The Kier molecular flexibility index (Phi) is 4.80. The molecular weight excluding hydrogens is 308 g/mol. The maximum Gasteiger partial charge on any atom is 0.214 e. The molecule has 0 saturated carbocycles. The van der Waals surface area contributed by atoms with E-state index < -0.39 is 5.72 Å². The lowest BCUT2D eigenvalue weighted by Gasteiger charge is -2.43. The summed E-state index contributed by atoms with van der Waals surface area (Å²) >= 11 is 1.66. The van der Waals surface area contributed by atoms with Crippen molar-refractivity contribution in [1.82, 2.24) is 9.88 Å². The third-order valence-electron chi connectivity index (χ3n) is 4.22. The van der Waals surface area contributed by atoms with Crippen molar-refractivity contribution < 1.29 is 9.53 Å². The molecule has 2 aromatic rings. The molecule has 0 aliphatic carbocycles. The second-order valence-electron chi connectivity index (χ2n) is 5.56. The number of ketones is 1. The van der Waals surface area contributed by atoms with Gasteiger partial charge in [0.15, 0.2) is 0 Å². The van der Waals surface area contributed by atoms with Crippen molar-refractivity contribution in [2.24, 2.45) is 0 Å². The fourth-order valence-electron chi connectivity index (χ4n) is 2.98. The van der Waals surface area contributed by atoms with E-state index in [0.29, 0.717) is 12.2 Å². The predicted octanol–water partition coefficient (Wildman–Crippen LogP) is 3.19. The van der Waals surface area contributed by atoms with Crippen LogP contribution < -0.4 is 0 Å². The molecule has 1 aromatic carbocycles. The van der Waals surface area contributed by atoms with Crippen LogP contribution in [0.5, 0.6) is 0 Å². The molecule has 1 fully saturated rings. The predicted molar refractivity (Wildman–Crippen MR) is 91.7 cm³/mol. The van der Waals surface area contributed by atoms with Crippen molar-refractivity contribution in [3.05, 3.63) is 59.9 Å². The minimum Gasteiger partial charge on any atom is -0.349 e. The van der Waals surface area contributed by atoms with Crippen molar-refractivity contribution in [3.63, 3.8) is 0 Å². The summed E-state index contributed by atoms with van der Waals surface area (Å²) in [6.45, 7) is 1.39. The van der Waals surface area contributed by atoms with Gasteiger partial charge in [0.25, 0.3) is 0 Å². The maximum atomic E-state index is 13.3. The van der Waals surface area contributed by atoms with E-state index in [0.717, 1.165) is 23.4 Å². The number of benzene rings is 1. The number of Topliss-reactive ketones (excluding diaryl/α,β-unsaturated/α-hetero) is 1. The van der Waals surface area contributed by atoms with Gasteiger partial charge in [-0.3, -0.25) is 14.7 Å². The number of aromatic nitrogens is 1. The van der Waals surface area contributed by atoms with Crippen LogP contribution in [-0.2, 0) is 10.5 Å². The third-order valence-corrected chi connectivity index (χ3v) is 4.96. The zero-order valence-corrected chi connectivity index (χ0v) is 14.2. The van der Waals surface area contributed by atoms with Gasteiger partial charge in [-0.1, -0.05) is 12.1 Å². The first-order valence-electron chi connectivity index (χ1n) is 7.63. The molecule has 1 unspecified atom stereocenters. The molecule has 0 N–H and O–H groups in total. The van der Waals surface area contributed by atoms with Gasteiger partial charge >= 0.3 is 0 Å². The van der Waals surface area contributed by atoms with Crippen LogP contribution in [0.25, 0.3) is 0 Å². The maximum absolute atomic E-state index is 13.3. The Bertz CT molecular complexity index is 675. The van der Waals surface area contributed by atoms with E-state index in [2.05, 4.69) is 4.98 Å². The third kappa shape index (κ3) is 2.92. The first-order valence-corrected chi connectivity index (χ1v) is 8.85. The number of carbonyl (C=O) groups is 1. The zero-order valence-electron chi connectivity index (χ0n) is 13.4. The van der Waals surface area contributed by atoms with Crippen molar-refractivity contribution in [2.75, 3.05) is 26.5 Å². The van der Waals surface area contributed by atoms with Crippen molar-refractivity contribution in [1.29, 1.82) is 0 Å². The Morgan fingerprint density at radius 2 is 1.91 bits per heavy atom. The normalized spacial score (nSPS) is 22.0. The average Bonchev–Trinajstić information content (AvgIpc) is 2.62. The first kappa shape index (κ1) is 16.2. The second kappa shape index (κ2) is 6.83. The number of likely N-dealkylation sites (N-methyl/N-ethyl adjacent to an activating group) is 1. The lowest BCUT2D eigenvalue weighted by molar-refractivity contribution is -0.150. The van der Waals surface area contributed by atoms with E-state index >= 15 is 0 Å². The number of hydrogen-bond acceptors (Lipinski definition) is 5. The summed E-state index contributed by atoms with van der Waals surface area (Å²) in [6, 6.07) is 11.4. The van der Waals surface area contributed by atoms with Gasteiger partial charge in [-0.05, 0) is 44.0 Å². The summed E-state index contributed by atoms with van der Waals surface area (Å²) in [4.78, 5) is 20.5. The molecule has 5 heteroatoms. The molecule has 0 bridgehead atoms. The van der Waals surface area contributed by atoms with E-state index in [-0.39, 0.29) is 5.78 Å². The Balaban J connectivity index is 2.06. The summed E-state index contributed by atoms with van der Waals surface area (Å²) in [5.41, 5.74) is 0.421. The smallest absolute Gasteiger partial charge is 0.214 e. The molecule has 23 heavy (non-hydrogen) atoms. The van der Waals surface area contributed by atoms with Gasteiger partial charge in [0.2, 0.25) is 11.5 Å². The molecule has 0 radical (unpaired) electrons. The van der Waals surface area contributed by atoms with E-state index in [1.165, 1.54) is 0 Å². The first-order chi connectivity index (χ1) is 11.2. The van der Waals surface area contributed by atoms with Gasteiger partial charge in [-0.15, -0.1) is 11.8 Å². The van der Waals surface area contributed by atoms with Gasteiger partial charge in [0.05, 0.1) is 6.61 Å². The minimum absolute atomic E-state index is 0.0291. The van der Waals surface area contributed by atoms with Gasteiger partial charge in [-0.25, -0.2) is 0 Å². The summed E-state index contributed by atoms with van der Waals surface area (Å²) in [5.74, 6) is -0.0291. The van der Waals surface area contributed by atoms with Crippen LogP contribution in [-0.4, -0.2) is 42.1 Å². The van der Waals surface area contributed by atoms with E-state index in [1.807, 2.05) is 54.6 Å². The number of hydrogen-bond donors (Lipinski definition) is 0. The van der Waals surface area contributed by atoms with Crippen molar-refractivity contribution >= 4 is 17.5 Å². The number of thioether (sulfide) groups is 1. The Morgan fingerprint density at radius 1 is 1.22 bits per heavy atom. The highest BCUT2D eigenvalue weighted by Crippen LogP contribution is 2.35. The molecule has 0 spiro atoms. The van der Waals surface area contributed by atoms with Crippen LogP contribution in [0.2, 0.25) is 0 Å². The fraction of sp³-hybridized carbons (Fsp3) is 0.333. The average molecular weight is 328 g/mol. The highest BCUT2D eigenvalue weighted by Gasteiger charge is 2.47. The van der Waals surface area contributed by atoms with Crippen molar-refractivity contribution in [2.45, 2.75) is 17.0 Å². The Labute approximate surface area is 140 Å².